The van der Waals surface area contributed by atoms with Gasteiger partial charge in [-0.2, -0.15) is 0 Å². The van der Waals surface area contributed by atoms with Gasteiger partial charge in [-0.15, -0.1) is 0 Å². The van der Waals surface area contributed by atoms with E-state index in [4.69, 9.17) is 0 Å². The van der Waals surface area contributed by atoms with Gasteiger partial charge >= 0.3 is 0 Å². The van der Waals surface area contributed by atoms with Gasteiger partial charge in [0.2, 0.25) is 15.0 Å². The van der Waals surface area contributed by atoms with Gasteiger partial charge in [0.05, 0.1) is 11.3 Å². The number of benzene rings is 2. The monoisotopic (exact) mass is 369 g/mol. The van der Waals surface area contributed by atoms with Crippen LogP contribution in [0.25, 0.3) is 10.8 Å². The average molecular weight is 369 g/mol. The van der Waals surface area contributed by atoms with Crippen molar-refractivity contribution in [1.82, 2.24) is 14.9 Å². The predicted molar refractivity (Wildman–Crippen MR) is 99.7 cm³/mol. The molecule has 7 heteroatoms. The molecule has 4 rings (SSSR count). The normalized spacial score (nSPS) is 15.1. The SMILES string of the molecule is CS(=O)(=O)c1nc2c(c(=O)[nH]1)CN(Cc1cccc3ccccc13)CC2. The van der Waals surface area contributed by atoms with E-state index in [1.54, 1.807) is 0 Å². The number of hydrogen-bond donors (Lipinski definition) is 1. The highest BCUT2D eigenvalue weighted by Gasteiger charge is 2.23. The van der Waals surface area contributed by atoms with E-state index < -0.39 is 9.84 Å². The van der Waals surface area contributed by atoms with Crippen LogP contribution in [0.3, 0.4) is 0 Å². The molecule has 26 heavy (non-hydrogen) atoms. The third-order valence-electron chi connectivity index (χ3n) is 4.75. The second-order valence-electron chi connectivity index (χ2n) is 6.67. The fraction of sp³-hybridized carbons (Fsp3) is 0.263. The minimum absolute atomic E-state index is 0.247. The van der Waals surface area contributed by atoms with E-state index >= 15 is 0 Å². The number of hydrogen-bond acceptors (Lipinski definition) is 5. The lowest BCUT2D eigenvalue weighted by Gasteiger charge is -2.28. The molecule has 0 saturated heterocycles. The molecule has 0 saturated carbocycles. The molecule has 0 bridgehead atoms. The second-order valence-corrected chi connectivity index (χ2v) is 8.60. The summed E-state index contributed by atoms with van der Waals surface area (Å²) in [5, 5.41) is 2.16. The summed E-state index contributed by atoms with van der Waals surface area (Å²) in [5.74, 6) is 0. The molecule has 2 aromatic carbocycles. The molecule has 0 unspecified atom stereocenters. The maximum atomic E-state index is 12.4. The van der Waals surface area contributed by atoms with E-state index in [0.717, 1.165) is 19.3 Å². The van der Waals surface area contributed by atoms with Crippen molar-refractivity contribution < 1.29 is 8.42 Å². The van der Waals surface area contributed by atoms with Crippen LogP contribution >= 0.6 is 0 Å². The number of H-pyrrole nitrogens is 1. The second kappa shape index (κ2) is 6.34. The molecule has 1 aromatic heterocycles. The lowest BCUT2D eigenvalue weighted by molar-refractivity contribution is 0.241. The zero-order valence-electron chi connectivity index (χ0n) is 14.4. The third-order valence-corrected chi connectivity index (χ3v) is 5.65. The molecule has 3 aromatic rings. The Kier molecular flexibility index (Phi) is 4.13. The third kappa shape index (κ3) is 3.15. The standard InChI is InChI=1S/C19H19N3O3S/c1-26(24,25)19-20-17-9-10-22(12-16(17)18(23)21-19)11-14-7-4-6-13-5-2-3-8-15(13)14/h2-8H,9-12H2,1H3,(H,20,21,23). The molecule has 134 valence electrons. The summed E-state index contributed by atoms with van der Waals surface area (Å²) >= 11 is 0. The number of sulfone groups is 1. The summed E-state index contributed by atoms with van der Waals surface area (Å²) in [6.45, 7) is 1.93. The van der Waals surface area contributed by atoms with Crippen LogP contribution in [-0.2, 0) is 29.3 Å². The van der Waals surface area contributed by atoms with E-state index in [2.05, 4.69) is 39.1 Å². The molecule has 1 N–H and O–H groups in total. The van der Waals surface area contributed by atoms with E-state index in [1.807, 2.05) is 18.2 Å². The molecule has 0 spiro atoms. The zero-order chi connectivity index (χ0) is 18.3. The number of nitrogens with one attached hydrogen (secondary N) is 1. The summed E-state index contributed by atoms with van der Waals surface area (Å²) < 4.78 is 23.3. The van der Waals surface area contributed by atoms with Crippen molar-refractivity contribution in [2.45, 2.75) is 24.7 Å². The van der Waals surface area contributed by atoms with Crippen LogP contribution in [0.4, 0.5) is 0 Å². The molecule has 1 aliphatic heterocycles. The Morgan fingerprint density at radius 2 is 1.92 bits per heavy atom. The Morgan fingerprint density at radius 1 is 1.15 bits per heavy atom. The Hall–Kier alpha value is -2.51. The first-order valence-corrected chi connectivity index (χ1v) is 10.3. The summed E-state index contributed by atoms with van der Waals surface area (Å²) in [5.41, 5.74) is 1.99. The molecule has 0 fully saturated rings. The van der Waals surface area contributed by atoms with E-state index in [1.165, 1.54) is 16.3 Å². The highest BCUT2D eigenvalue weighted by Crippen LogP contribution is 2.22. The van der Waals surface area contributed by atoms with E-state index in [9.17, 15) is 13.2 Å². The summed E-state index contributed by atoms with van der Waals surface area (Å²) in [7, 11) is -3.53. The lowest BCUT2D eigenvalue weighted by Crippen LogP contribution is -2.36. The van der Waals surface area contributed by atoms with Crippen molar-refractivity contribution in [2.75, 3.05) is 12.8 Å². The van der Waals surface area contributed by atoms with Crippen LogP contribution in [0.1, 0.15) is 16.8 Å². The van der Waals surface area contributed by atoms with Crippen LogP contribution < -0.4 is 5.56 Å². The molecule has 1 aliphatic rings. The van der Waals surface area contributed by atoms with Crippen molar-refractivity contribution in [1.29, 1.82) is 0 Å². The fourth-order valence-electron chi connectivity index (χ4n) is 3.44. The lowest BCUT2D eigenvalue weighted by atomic mass is 10.0. The van der Waals surface area contributed by atoms with Crippen molar-refractivity contribution in [2.24, 2.45) is 0 Å². The van der Waals surface area contributed by atoms with Crippen molar-refractivity contribution in [3.8, 4) is 0 Å². The van der Waals surface area contributed by atoms with Gasteiger partial charge in [-0.05, 0) is 16.3 Å². The Morgan fingerprint density at radius 3 is 2.73 bits per heavy atom. The van der Waals surface area contributed by atoms with Crippen LogP contribution in [0, 0.1) is 0 Å². The summed E-state index contributed by atoms with van der Waals surface area (Å²) in [6, 6.07) is 14.5. The maximum Gasteiger partial charge on any atom is 0.256 e. The highest BCUT2D eigenvalue weighted by molar-refractivity contribution is 7.90. The van der Waals surface area contributed by atoms with Gasteiger partial charge in [0, 0.05) is 32.3 Å². The molecule has 6 nitrogen and oxygen atoms in total. The van der Waals surface area contributed by atoms with Gasteiger partial charge in [0.1, 0.15) is 0 Å². The quantitative estimate of drug-likeness (QED) is 0.713. The average Bonchev–Trinajstić information content (AvgIpc) is 2.61. The van der Waals surface area contributed by atoms with Crippen LogP contribution in [-0.4, -0.2) is 36.1 Å². The molecule has 0 amide bonds. The summed E-state index contributed by atoms with van der Waals surface area (Å²) in [6.07, 6.45) is 1.61. The minimum Gasteiger partial charge on any atom is -0.297 e. The molecule has 0 atom stereocenters. The van der Waals surface area contributed by atoms with Gasteiger partial charge in [-0.25, -0.2) is 13.4 Å². The summed E-state index contributed by atoms with van der Waals surface area (Å²) in [4.78, 5) is 21.1. The van der Waals surface area contributed by atoms with Gasteiger partial charge in [0.25, 0.3) is 5.56 Å². The molecular formula is C19H19N3O3S. The smallest absolute Gasteiger partial charge is 0.256 e. The molecule has 2 heterocycles. The van der Waals surface area contributed by atoms with Crippen LogP contribution in [0.2, 0.25) is 0 Å². The van der Waals surface area contributed by atoms with Crippen LogP contribution in [0.15, 0.2) is 52.4 Å². The Bertz CT molecular complexity index is 1150. The Balaban J connectivity index is 1.64. The molecule has 0 aliphatic carbocycles. The number of aromatic amines is 1. The zero-order valence-corrected chi connectivity index (χ0v) is 15.2. The number of nitrogens with zero attached hydrogens (tertiary/aromatic N) is 2. The number of fused-ring (bicyclic) bond motifs is 2. The van der Waals surface area contributed by atoms with Crippen LogP contribution in [0.5, 0.6) is 0 Å². The fourth-order valence-corrected chi connectivity index (χ4v) is 3.99. The first kappa shape index (κ1) is 16.9. The van der Waals surface area contributed by atoms with E-state index in [-0.39, 0.29) is 10.7 Å². The Labute approximate surface area is 151 Å². The highest BCUT2D eigenvalue weighted by atomic mass is 32.2. The van der Waals surface area contributed by atoms with Gasteiger partial charge < -0.3 is 0 Å². The topological polar surface area (TPSA) is 83.1 Å². The van der Waals surface area contributed by atoms with Crippen molar-refractivity contribution in [3.05, 3.63) is 69.6 Å². The first-order chi connectivity index (χ1) is 12.4. The van der Waals surface area contributed by atoms with E-state index in [0.29, 0.717) is 24.2 Å². The van der Waals surface area contributed by atoms with Gasteiger partial charge in [-0.3, -0.25) is 14.7 Å². The molecular weight excluding hydrogens is 350 g/mol. The van der Waals surface area contributed by atoms with Crippen molar-refractivity contribution in [3.63, 3.8) is 0 Å². The first-order valence-electron chi connectivity index (χ1n) is 8.43. The minimum atomic E-state index is -3.53. The predicted octanol–water partition coefficient (Wildman–Crippen LogP) is 1.88. The van der Waals surface area contributed by atoms with Crippen molar-refractivity contribution >= 4 is 20.6 Å². The van der Waals surface area contributed by atoms with Gasteiger partial charge in [0.15, 0.2) is 0 Å². The number of rotatable bonds is 3. The molecule has 0 radical (unpaired) electrons. The maximum absolute atomic E-state index is 12.4. The number of aromatic nitrogens is 2. The largest absolute Gasteiger partial charge is 0.297 e. The van der Waals surface area contributed by atoms with Gasteiger partial charge in [-0.1, -0.05) is 42.5 Å².